The molecule has 23 nitrogen and oxygen atoms in total. The second-order valence-corrected chi connectivity index (χ2v) is 14.9. The first-order valence-electron chi connectivity index (χ1n) is 17.9. The van der Waals surface area contributed by atoms with Gasteiger partial charge in [-0.05, 0) is 45.2 Å². The summed E-state index contributed by atoms with van der Waals surface area (Å²) >= 11 is 0. The largest absolute Gasteiger partial charge is 0.490 e. The Bertz CT molecular complexity index is 1410. The second-order valence-electron chi connectivity index (χ2n) is 12.3. The van der Waals surface area contributed by atoms with Crippen molar-refractivity contribution in [3.05, 3.63) is 0 Å². The lowest BCUT2D eigenvalue weighted by atomic mass is 10.1. The number of halogens is 6. The lowest BCUT2D eigenvalue weighted by Gasteiger charge is -2.20. The van der Waals surface area contributed by atoms with Crippen LogP contribution in [0.3, 0.4) is 0 Å². The van der Waals surface area contributed by atoms with Crippen molar-refractivity contribution in [2.45, 2.75) is 81.5 Å². The maximum atomic E-state index is 13.0. The van der Waals surface area contributed by atoms with Crippen molar-refractivity contribution in [1.82, 2.24) is 37.2 Å². The van der Waals surface area contributed by atoms with Gasteiger partial charge in [-0.3, -0.25) is 38.4 Å². The second kappa shape index (κ2) is 31.7. The zero-order chi connectivity index (χ0) is 48.1. The molecule has 31 heteroatoms. The smallest absolute Gasteiger partial charge is 0.480 e. The van der Waals surface area contributed by atoms with Gasteiger partial charge in [0.1, 0.15) is 24.2 Å². The lowest BCUT2D eigenvalue weighted by Crippen LogP contribution is -2.51. The van der Waals surface area contributed by atoms with E-state index in [1.807, 2.05) is 0 Å². The van der Waals surface area contributed by atoms with E-state index in [0.29, 0.717) is 39.0 Å². The molecule has 1 rings (SSSR count). The van der Waals surface area contributed by atoms with Crippen molar-refractivity contribution in [2.24, 2.45) is 11.5 Å². The summed E-state index contributed by atoms with van der Waals surface area (Å²) in [6.45, 7) is 1.36. The fourth-order valence-electron chi connectivity index (χ4n) is 3.83. The number of nitrogens with two attached hydrogens (primary N) is 2. The zero-order valence-electron chi connectivity index (χ0n) is 32.5. The molecule has 1 fully saturated rings. The summed E-state index contributed by atoms with van der Waals surface area (Å²) in [5.74, 6) is -11.7. The SMILES string of the molecule is N[C@@H](CCC(=O)N[C@H]1CSSC[C@H](NC(=O)CC[C@H](N)C(=O)O)C(=O)NCC(=O)NCCCNCCCCNC(=O)CNC1=O)C(=O)O.O=C(O)C(F)(F)F.O=C(O)C(F)(F)F. The van der Waals surface area contributed by atoms with Crippen molar-refractivity contribution in [1.29, 1.82) is 0 Å². The molecule has 62 heavy (non-hydrogen) atoms. The van der Waals surface area contributed by atoms with Crippen LogP contribution in [0.5, 0.6) is 0 Å². The van der Waals surface area contributed by atoms with E-state index in [1.165, 1.54) is 0 Å². The van der Waals surface area contributed by atoms with Crippen LogP contribution in [0.15, 0.2) is 0 Å². The summed E-state index contributed by atoms with van der Waals surface area (Å²) in [5, 5.41) is 50.7. The fourth-order valence-corrected chi connectivity index (χ4v) is 6.15. The Morgan fingerprint density at radius 2 is 0.919 bits per heavy atom. The first-order valence-corrected chi connectivity index (χ1v) is 20.4. The molecule has 0 spiro atoms. The molecule has 0 aliphatic carbocycles. The average molecular weight is 950 g/mol. The van der Waals surface area contributed by atoms with Crippen LogP contribution in [0.1, 0.15) is 44.9 Å². The third-order valence-electron chi connectivity index (χ3n) is 7.14. The van der Waals surface area contributed by atoms with Gasteiger partial charge in [-0.2, -0.15) is 26.3 Å². The molecule has 356 valence electrons. The number of nitrogens with one attached hydrogen (secondary N) is 7. The number of carbonyl (C=O) groups is 10. The number of carbonyl (C=O) groups excluding carboxylic acids is 6. The van der Waals surface area contributed by atoms with Crippen molar-refractivity contribution in [3.63, 3.8) is 0 Å². The van der Waals surface area contributed by atoms with Crippen molar-refractivity contribution < 1.29 is 94.7 Å². The minimum atomic E-state index is -5.08. The van der Waals surface area contributed by atoms with E-state index in [0.717, 1.165) is 28.0 Å². The number of amides is 6. The number of aliphatic carboxylic acids is 4. The molecular weight excluding hydrogens is 901 g/mol. The van der Waals surface area contributed by atoms with Gasteiger partial charge in [0.25, 0.3) is 0 Å². The first-order chi connectivity index (χ1) is 28.7. The molecule has 6 amide bonds. The zero-order valence-corrected chi connectivity index (χ0v) is 34.2. The molecule has 1 aliphatic heterocycles. The quantitative estimate of drug-likeness (QED) is 0.0778. The Labute approximate surface area is 356 Å². The first kappa shape index (κ1) is 59.0. The van der Waals surface area contributed by atoms with Gasteiger partial charge in [0.15, 0.2) is 0 Å². The average Bonchev–Trinajstić information content (AvgIpc) is 3.17. The van der Waals surface area contributed by atoms with Gasteiger partial charge in [-0.1, -0.05) is 21.6 Å². The van der Waals surface area contributed by atoms with Crippen LogP contribution < -0.4 is 48.7 Å². The molecule has 1 heterocycles. The predicted molar refractivity (Wildman–Crippen MR) is 205 cm³/mol. The van der Waals surface area contributed by atoms with Gasteiger partial charge in [0.2, 0.25) is 35.4 Å². The molecule has 1 saturated heterocycles. The van der Waals surface area contributed by atoms with Crippen LogP contribution in [0.2, 0.25) is 0 Å². The van der Waals surface area contributed by atoms with Crippen LogP contribution >= 0.6 is 21.6 Å². The van der Waals surface area contributed by atoms with Crippen molar-refractivity contribution in [2.75, 3.05) is 50.8 Å². The van der Waals surface area contributed by atoms with E-state index in [2.05, 4.69) is 37.2 Å². The standard InChI is InChI=1S/C27H47N9O10S2.2C2HF3O2/c28-16(26(43)44)4-6-20(37)35-18-14-47-48-15-19(36-21(38)7-5-17(29)27(45)46)25(42)34-13-23(40)32-11-3-9-30-8-1-2-10-31-22(39)12-33-24(18)41;2*3-2(4,5)1(6)7/h16-19,30H,1-15,28-29H2,(H,31,39)(H,32,40)(H,33,41)(H,34,42)(H,35,37)(H,36,38)(H,43,44)(H,45,46);2*(H,6,7)/t16-,17-,18-,19-;;/m0../s1. The molecule has 0 aromatic heterocycles. The van der Waals surface area contributed by atoms with Gasteiger partial charge >= 0.3 is 36.2 Å². The molecule has 0 bridgehead atoms. The molecule has 0 aromatic rings. The molecule has 0 saturated carbocycles. The molecule has 0 radical (unpaired) electrons. The normalized spacial score (nSPS) is 19.2. The number of alkyl halides is 6. The van der Waals surface area contributed by atoms with E-state index in [4.69, 9.17) is 41.5 Å². The fraction of sp³-hybridized carbons (Fsp3) is 0.677. The number of carboxylic acids is 4. The van der Waals surface area contributed by atoms with Crippen LogP contribution in [0, 0.1) is 0 Å². The Morgan fingerprint density at radius 1 is 0.597 bits per heavy atom. The number of hydrogen-bond acceptors (Lipinski definition) is 15. The highest BCUT2D eigenvalue weighted by Gasteiger charge is 2.39. The van der Waals surface area contributed by atoms with Crippen molar-refractivity contribution in [3.8, 4) is 0 Å². The van der Waals surface area contributed by atoms with Gasteiger partial charge < -0.3 is 69.1 Å². The summed E-state index contributed by atoms with van der Waals surface area (Å²) in [7, 11) is 2.12. The van der Waals surface area contributed by atoms with Crippen LogP contribution in [-0.2, 0) is 47.9 Å². The van der Waals surface area contributed by atoms with Crippen LogP contribution in [0.25, 0.3) is 0 Å². The van der Waals surface area contributed by atoms with Crippen LogP contribution in [0.4, 0.5) is 26.3 Å². The molecule has 0 aromatic carbocycles. The van der Waals surface area contributed by atoms with Crippen LogP contribution in [-0.4, -0.2) is 167 Å². The summed E-state index contributed by atoms with van der Waals surface area (Å²) in [6.07, 6.45) is -9.00. The topological polar surface area (TPSA) is 388 Å². The Balaban J connectivity index is 0. The molecule has 1 aliphatic rings. The highest BCUT2D eigenvalue weighted by Crippen LogP contribution is 2.23. The van der Waals surface area contributed by atoms with Crippen molar-refractivity contribution >= 4 is 80.9 Å². The van der Waals surface area contributed by atoms with E-state index in [9.17, 15) is 64.7 Å². The third-order valence-corrected chi connectivity index (χ3v) is 9.56. The van der Waals surface area contributed by atoms with Gasteiger partial charge in [-0.15, -0.1) is 0 Å². The Morgan fingerprint density at radius 3 is 1.26 bits per heavy atom. The highest BCUT2D eigenvalue weighted by molar-refractivity contribution is 8.76. The van der Waals surface area contributed by atoms with E-state index in [1.54, 1.807) is 0 Å². The maximum absolute atomic E-state index is 13.0. The van der Waals surface area contributed by atoms with Gasteiger partial charge in [0.05, 0.1) is 13.1 Å². The molecular formula is C31H49F6N9O14S2. The minimum absolute atomic E-state index is 0.0556. The monoisotopic (exact) mass is 949 g/mol. The summed E-state index contributed by atoms with van der Waals surface area (Å²) in [6, 6.07) is -4.89. The molecule has 4 atom stereocenters. The predicted octanol–water partition coefficient (Wildman–Crippen LogP) is -2.77. The minimum Gasteiger partial charge on any atom is -0.480 e. The summed E-state index contributed by atoms with van der Waals surface area (Å²) < 4.78 is 63.5. The molecule has 0 unspecified atom stereocenters. The Kier molecular flexibility index (Phi) is 30.1. The third kappa shape index (κ3) is 31.7. The number of carboxylic acid groups (broad SMARTS) is 4. The van der Waals surface area contributed by atoms with Gasteiger partial charge in [0, 0.05) is 37.4 Å². The number of rotatable bonds is 10. The Hall–Kier alpha value is -5.14. The van der Waals surface area contributed by atoms with E-state index in [-0.39, 0.29) is 50.3 Å². The van der Waals surface area contributed by atoms with E-state index < -0.39 is 95.8 Å². The lowest BCUT2D eigenvalue weighted by molar-refractivity contribution is -0.193. The summed E-state index contributed by atoms with van der Waals surface area (Å²) in [5.41, 5.74) is 10.9. The van der Waals surface area contributed by atoms with E-state index >= 15 is 0 Å². The molecule has 15 N–H and O–H groups in total. The van der Waals surface area contributed by atoms with Gasteiger partial charge in [-0.25, -0.2) is 9.59 Å². The number of hydrogen-bond donors (Lipinski definition) is 13. The maximum Gasteiger partial charge on any atom is 0.490 e. The summed E-state index contributed by atoms with van der Waals surface area (Å²) in [4.78, 5) is 115. The highest BCUT2D eigenvalue weighted by atomic mass is 33.1.